The second kappa shape index (κ2) is 8.63. The lowest BCUT2D eigenvalue weighted by Gasteiger charge is -2.19. The molecule has 0 fully saturated rings. The highest BCUT2D eigenvalue weighted by Crippen LogP contribution is 2.29. The number of methoxy groups -OCH3 is 1. The SMILES string of the molecule is CCN(CC)S(=O)(=O)c1ccc(OC)c(NC(=O)c2ccc3ccccc3c2)c1. The van der Waals surface area contributed by atoms with Crippen molar-refractivity contribution in [1.82, 2.24) is 4.31 Å². The minimum atomic E-state index is -3.65. The number of sulfonamides is 1. The minimum absolute atomic E-state index is 0.107. The van der Waals surface area contributed by atoms with Crippen molar-refractivity contribution < 1.29 is 17.9 Å². The van der Waals surface area contributed by atoms with E-state index in [4.69, 9.17) is 4.74 Å². The number of carbonyl (C=O) groups is 1. The van der Waals surface area contributed by atoms with E-state index in [1.807, 2.05) is 30.3 Å². The summed E-state index contributed by atoms with van der Waals surface area (Å²) in [5.41, 5.74) is 0.779. The molecule has 152 valence electrons. The quantitative estimate of drug-likeness (QED) is 0.633. The van der Waals surface area contributed by atoms with Crippen LogP contribution < -0.4 is 10.1 Å². The third-order valence-corrected chi connectivity index (χ3v) is 6.82. The third kappa shape index (κ3) is 4.26. The number of fused-ring (bicyclic) bond motifs is 1. The summed E-state index contributed by atoms with van der Waals surface area (Å²) in [6.07, 6.45) is 0. The Bertz CT molecular complexity index is 1140. The van der Waals surface area contributed by atoms with Gasteiger partial charge in [-0.25, -0.2) is 8.42 Å². The van der Waals surface area contributed by atoms with Gasteiger partial charge < -0.3 is 10.1 Å². The van der Waals surface area contributed by atoms with Crippen LogP contribution in [0.25, 0.3) is 10.8 Å². The highest BCUT2D eigenvalue weighted by Gasteiger charge is 2.23. The van der Waals surface area contributed by atoms with Crippen LogP contribution in [-0.4, -0.2) is 38.8 Å². The van der Waals surface area contributed by atoms with Crippen LogP contribution in [0.2, 0.25) is 0 Å². The average Bonchev–Trinajstić information content (AvgIpc) is 2.74. The fraction of sp³-hybridized carbons (Fsp3) is 0.227. The molecule has 0 saturated heterocycles. The van der Waals surface area contributed by atoms with E-state index in [1.165, 1.54) is 23.5 Å². The zero-order valence-electron chi connectivity index (χ0n) is 16.7. The second-order valence-corrected chi connectivity index (χ2v) is 8.41. The number of ether oxygens (including phenoxy) is 1. The summed E-state index contributed by atoms with van der Waals surface area (Å²) in [6.45, 7) is 4.30. The smallest absolute Gasteiger partial charge is 0.255 e. The van der Waals surface area contributed by atoms with Crippen LogP contribution in [0.5, 0.6) is 5.75 Å². The number of benzene rings is 3. The zero-order valence-corrected chi connectivity index (χ0v) is 17.5. The van der Waals surface area contributed by atoms with Crippen LogP contribution in [0.15, 0.2) is 65.6 Å². The maximum absolute atomic E-state index is 12.8. The van der Waals surface area contributed by atoms with E-state index in [0.29, 0.717) is 30.1 Å². The van der Waals surface area contributed by atoms with Crippen LogP contribution in [0.1, 0.15) is 24.2 Å². The summed E-state index contributed by atoms with van der Waals surface area (Å²) in [4.78, 5) is 12.9. The Balaban J connectivity index is 1.95. The summed E-state index contributed by atoms with van der Waals surface area (Å²) in [5.74, 6) is 0.0454. The number of anilines is 1. The number of carbonyl (C=O) groups excluding carboxylic acids is 1. The van der Waals surface area contributed by atoms with E-state index in [9.17, 15) is 13.2 Å². The highest BCUT2D eigenvalue weighted by atomic mass is 32.2. The minimum Gasteiger partial charge on any atom is -0.495 e. The van der Waals surface area contributed by atoms with Gasteiger partial charge >= 0.3 is 0 Å². The Morgan fingerprint density at radius 3 is 2.31 bits per heavy atom. The Labute approximate surface area is 171 Å². The van der Waals surface area contributed by atoms with Gasteiger partial charge in [-0.2, -0.15) is 4.31 Å². The van der Waals surface area contributed by atoms with Crippen LogP contribution in [0, 0.1) is 0 Å². The molecule has 3 aromatic carbocycles. The van der Waals surface area contributed by atoms with Crippen LogP contribution >= 0.6 is 0 Å². The van der Waals surface area contributed by atoms with Crippen molar-refractivity contribution in [2.45, 2.75) is 18.7 Å². The van der Waals surface area contributed by atoms with Gasteiger partial charge in [0.1, 0.15) is 5.75 Å². The largest absolute Gasteiger partial charge is 0.495 e. The third-order valence-electron chi connectivity index (χ3n) is 4.77. The molecule has 29 heavy (non-hydrogen) atoms. The molecule has 0 spiro atoms. The van der Waals surface area contributed by atoms with Crippen molar-refractivity contribution in [2.24, 2.45) is 0 Å². The molecule has 0 saturated carbocycles. The number of hydrogen-bond donors (Lipinski definition) is 1. The first-order chi connectivity index (χ1) is 13.9. The van der Waals surface area contributed by atoms with Gasteiger partial charge in [-0.15, -0.1) is 0 Å². The average molecular weight is 413 g/mol. The molecule has 0 aliphatic heterocycles. The molecule has 0 bridgehead atoms. The molecule has 0 heterocycles. The number of amides is 1. The van der Waals surface area contributed by atoms with Gasteiger partial charge in [0.05, 0.1) is 17.7 Å². The lowest BCUT2D eigenvalue weighted by Crippen LogP contribution is -2.30. The maximum Gasteiger partial charge on any atom is 0.255 e. The predicted octanol–water partition coefficient (Wildman–Crippen LogP) is 4.13. The van der Waals surface area contributed by atoms with Crippen molar-refractivity contribution >= 4 is 32.4 Å². The van der Waals surface area contributed by atoms with Crippen LogP contribution in [0.4, 0.5) is 5.69 Å². The molecule has 3 rings (SSSR count). The molecule has 0 aliphatic carbocycles. The molecule has 6 nitrogen and oxygen atoms in total. The number of hydrogen-bond acceptors (Lipinski definition) is 4. The van der Waals surface area contributed by atoms with Gasteiger partial charge in [0.2, 0.25) is 10.0 Å². The molecular formula is C22H24N2O4S. The molecule has 0 aliphatic rings. The first-order valence-electron chi connectivity index (χ1n) is 9.39. The van der Waals surface area contributed by atoms with Gasteiger partial charge in [0, 0.05) is 18.7 Å². The molecule has 3 aromatic rings. The fourth-order valence-electron chi connectivity index (χ4n) is 3.18. The first kappa shape index (κ1) is 20.8. The zero-order chi connectivity index (χ0) is 21.0. The van der Waals surface area contributed by atoms with Gasteiger partial charge in [-0.05, 0) is 41.1 Å². The van der Waals surface area contributed by atoms with E-state index in [1.54, 1.807) is 32.0 Å². The van der Waals surface area contributed by atoms with Crippen molar-refractivity contribution in [3.63, 3.8) is 0 Å². The fourth-order valence-corrected chi connectivity index (χ4v) is 4.67. The molecular weight excluding hydrogens is 388 g/mol. The van der Waals surface area contributed by atoms with Crippen LogP contribution in [0.3, 0.4) is 0 Å². The molecule has 0 aromatic heterocycles. The number of nitrogens with zero attached hydrogens (tertiary/aromatic N) is 1. The lowest BCUT2D eigenvalue weighted by molar-refractivity contribution is 0.102. The molecule has 1 amide bonds. The number of nitrogens with one attached hydrogen (secondary N) is 1. The summed E-state index contributed by atoms with van der Waals surface area (Å²) >= 11 is 0. The van der Waals surface area contributed by atoms with E-state index < -0.39 is 10.0 Å². The summed E-state index contributed by atoms with van der Waals surface area (Å²) in [6, 6.07) is 17.6. The van der Waals surface area contributed by atoms with Gasteiger partial charge in [-0.3, -0.25) is 4.79 Å². The van der Waals surface area contributed by atoms with E-state index in [-0.39, 0.29) is 10.8 Å². The van der Waals surface area contributed by atoms with E-state index in [2.05, 4.69) is 5.32 Å². The Morgan fingerprint density at radius 1 is 0.966 bits per heavy atom. The molecule has 7 heteroatoms. The molecule has 1 N–H and O–H groups in total. The van der Waals surface area contributed by atoms with Crippen molar-refractivity contribution in [2.75, 3.05) is 25.5 Å². The Kier molecular flexibility index (Phi) is 6.20. The second-order valence-electron chi connectivity index (χ2n) is 6.47. The predicted molar refractivity (Wildman–Crippen MR) is 115 cm³/mol. The van der Waals surface area contributed by atoms with Gasteiger partial charge in [0.25, 0.3) is 5.91 Å². The van der Waals surface area contributed by atoms with E-state index in [0.717, 1.165) is 10.8 Å². The molecule has 0 radical (unpaired) electrons. The lowest BCUT2D eigenvalue weighted by atomic mass is 10.1. The maximum atomic E-state index is 12.8. The number of rotatable bonds is 7. The summed E-state index contributed by atoms with van der Waals surface area (Å²) in [5, 5.41) is 4.77. The van der Waals surface area contributed by atoms with Crippen LogP contribution in [-0.2, 0) is 10.0 Å². The summed E-state index contributed by atoms with van der Waals surface area (Å²) in [7, 11) is -2.18. The molecule has 0 atom stereocenters. The summed E-state index contributed by atoms with van der Waals surface area (Å²) < 4.78 is 32.3. The van der Waals surface area contributed by atoms with E-state index >= 15 is 0 Å². The highest BCUT2D eigenvalue weighted by molar-refractivity contribution is 7.89. The van der Waals surface area contributed by atoms with Crippen molar-refractivity contribution in [3.8, 4) is 5.75 Å². The van der Waals surface area contributed by atoms with Gasteiger partial charge in [0.15, 0.2) is 0 Å². The van der Waals surface area contributed by atoms with Gasteiger partial charge in [-0.1, -0.05) is 44.2 Å². The Hall–Kier alpha value is -2.90. The topological polar surface area (TPSA) is 75.7 Å². The monoisotopic (exact) mass is 412 g/mol. The molecule has 0 unspecified atom stereocenters. The Morgan fingerprint density at radius 2 is 1.66 bits per heavy atom. The van der Waals surface area contributed by atoms with Crippen molar-refractivity contribution in [1.29, 1.82) is 0 Å². The first-order valence-corrected chi connectivity index (χ1v) is 10.8. The standard InChI is InChI=1S/C22H24N2O4S/c1-4-24(5-2)29(26,27)19-12-13-21(28-3)20(15-19)23-22(25)18-11-10-16-8-6-7-9-17(16)14-18/h6-15H,4-5H2,1-3H3,(H,23,25). The van der Waals surface area contributed by atoms with Crippen molar-refractivity contribution in [3.05, 3.63) is 66.2 Å². The normalized spacial score (nSPS) is 11.6.